The quantitative estimate of drug-likeness (QED) is 0.454. The first-order valence-electron chi connectivity index (χ1n) is 7.76. The Morgan fingerprint density at radius 2 is 1.20 bits per heavy atom. The zero-order valence-electron chi connectivity index (χ0n) is 13.3. The van der Waals surface area contributed by atoms with Gasteiger partial charge in [-0.2, -0.15) is 0 Å². The highest BCUT2D eigenvalue weighted by Crippen LogP contribution is 2.29. The van der Waals surface area contributed by atoms with Gasteiger partial charge in [0.2, 0.25) is 0 Å². The molecular formula is C21H15ClO3. The summed E-state index contributed by atoms with van der Waals surface area (Å²) in [6.07, 6.45) is 0. The van der Waals surface area contributed by atoms with Gasteiger partial charge in [0.15, 0.2) is 5.78 Å². The summed E-state index contributed by atoms with van der Waals surface area (Å²) in [6.45, 7) is 0. The van der Waals surface area contributed by atoms with E-state index < -0.39 is 11.3 Å². The predicted octanol–water partition coefficient (Wildman–Crippen LogP) is 5.44. The SMILES string of the molecule is O=C(Cl)Oc1ccc(C(=O)C(c2ccccc2)c2ccccc2)cc1. The molecule has 0 saturated heterocycles. The summed E-state index contributed by atoms with van der Waals surface area (Å²) in [6, 6.07) is 25.7. The zero-order chi connectivity index (χ0) is 17.6. The smallest absolute Gasteiger partial charge is 0.409 e. The molecule has 0 atom stereocenters. The van der Waals surface area contributed by atoms with Crippen LogP contribution in [0, 0.1) is 0 Å². The van der Waals surface area contributed by atoms with E-state index in [9.17, 15) is 9.59 Å². The van der Waals surface area contributed by atoms with E-state index in [0.717, 1.165) is 11.1 Å². The minimum absolute atomic E-state index is 0.0267. The van der Waals surface area contributed by atoms with Crippen LogP contribution in [0.3, 0.4) is 0 Å². The molecule has 0 heterocycles. The van der Waals surface area contributed by atoms with Crippen molar-refractivity contribution in [3.63, 3.8) is 0 Å². The summed E-state index contributed by atoms with van der Waals surface area (Å²) in [7, 11) is 0. The van der Waals surface area contributed by atoms with Gasteiger partial charge in [0.25, 0.3) is 0 Å². The van der Waals surface area contributed by atoms with Gasteiger partial charge in [-0.1, -0.05) is 60.7 Å². The molecule has 3 aromatic rings. The van der Waals surface area contributed by atoms with Crippen molar-refractivity contribution >= 4 is 22.8 Å². The lowest BCUT2D eigenvalue weighted by molar-refractivity contribution is 0.0974. The molecule has 3 nitrogen and oxygen atoms in total. The number of halogens is 1. The standard InChI is InChI=1S/C21H15ClO3/c22-21(24)25-18-13-11-17(12-14-18)20(23)19(15-7-3-1-4-8-15)16-9-5-2-6-10-16/h1-14,19H. The fraction of sp³-hybridized carbons (Fsp3) is 0.0476. The number of Topliss-reactive ketones (excluding diaryl/α,β-unsaturated/α-hetero) is 1. The normalized spacial score (nSPS) is 10.5. The highest BCUT2D eigenvalue weighted by atomic mass is 35.5. The van der Waals surface area contributed by atoms with Crippen molar-refractivity contribution in [1.82, 2.24) is 0 Å². The van der Waals surface area contributed by atoms with Gasteiger partial charge in [0.1, 0.15) is 5.75 Å². The van der Waals surface area contributed by atoms with Crippen LogP contribution < -0.4 is 4.74 Å². The van der Waals surface area contributed by atoms with Gasteiger partial charge in [-0.25, -0.2) is 4.79 Å². The molecule has 25 heavy (non-hydrogen) atoms. The molecule has 3 aromatic carbocycles. The third-order valence-electron chi connectivity index (χ3n) is 3.86. The number of rotatable bonds is 5. The second-order valence-corrected chi connectivity index (χ2v) is 5.79. The van der Waals surface area contributed by atoms with Crippen LogP contribution in [0.4, 0.5) is 4.79 Å². The molecule has 0 fully saturated rings. The average Bonchev–Trinajstić information content (AvgIpc) is 2.64. The molecule has 124 valence electrons. The van der Waals surface area contributed by atoms with Gasteiger partial charge in [0.05, 0.1) is 5.92 Å². The lowest BCUT2D eigenvalue weighted by Crippen LogP contribution is -2.14. The van der Waals surface area contributed by atoms with Gasteiger partial charge in [0, 0.05) is 17.2 Å². The summed E-state index contributed by atoms with van der Waals surface area (Å²) in [5.41, 5.74) is 1.47. The van der Waals surface area contributed by atoms with Gasteiger partial charge in [-0.15, -0.1) is 0 Å². The molecule has 0 aliphatic carbocycles. The second kappa shape index (κ2) is 7.77. The lowest BCUT2D eigenvalue weighted by atomic mass is 9.85. The Labute approximate surface area is 150 Å². The highest BCUT2D eigenvalue weighted by molar-refractivity contribution is 6.61. The summed E-state index contributed by atoms with van der Waals surface area (Å²) >= 11 is 5.20. The van der Waals surface area contributed by atoms with Crippen LogP contribution in [0.5, 0.6) is 5.75 Å². The largest absolute Gasteiger partial charge is 0.415 e. The third-order valence-corrected chi connectivity index (χ3v) is 3.94. The maximum atomic E-state index is 13.1. The molecule has 0 aliphatic heterocycles. The van der Waals surface area contributed by atoms with Gasteiger partial charge < -0.3 is 4.74 Å². The van der Waals surface area contributed by atoms with Crippen molar-refractivity contribution in [2.75, 3.05) is 0 Å². The van der Waals surface area contributed by atoms with E-state index in [-0.39, 0.29) is 5.78 Å². The molecule has 0 saturated carbocycles. The van der Waals surface area contributed by atoms with Crippen molar-refractivity contribution in [3.05, 3.63) is 102 Å². The summed E-state index contributed by atoms with van der Waals surface area (Å²) < 4.78 is 4.79. The Morgan fingerprint density at radius 3 is 1.64 bits per heavy atom. The third kappa shape index (κ3) is 4.14. The Hall–Kier alpha value is -2.91. The number of benzene rings is 3. The van der Waals surface area contributed by atoms with Gasteiger partial charge >= 0.3 is 5.43 Å². The molecule has 0 radical (unpaired) electrons. The van der Waals surface area contributed by atoms with Crippen LogP contribution in [0.2, 0.25) is 0 Å². The summed E-state index contributed by atoms with van der Waals surface area (Å²) in [4.78, 5) is 23.9. The zero-order valence-corrected chi connectivity index (χ0v) is 14.0. The Morgan fingerprint density at radius 1 is 0.720 bits per heavy atom. The minimum atomic E-state index is -0.912. The van der Waals surface area contributed by atoms with Crippen molar-refractivity contribution < 1.29 is 14.3 Å². The first-order chi connectivity index (χ1) is 12.1. The highest BCUT2D eigenvalue weighted by Gasteiger charge is 2.23. The minimum Gasteiger partial charge on any atom is -0.415 e. The Bertz CT molecular complexity index is 819. The van der Waals surface area contributed by atoms with Crippen molar-refractivity contribution in [3.8, 4) is 5.75 Å². The summed E-state index contributed by atoms with van der Waals surface area (Å²) in [5, 5.41) is 0. The van der Waals surface area contributed by atoms with E-state index in [1.54, 1.807) is 24.3 Å². The van der Waals surface area contributed by atoms with Crippen molar-refractivity contribution in [2.45, 2.75) is 5.92 Å². The molecule has 0 unspecified atom stereocenters. The molecule has 0 amide bonds. The summed E-state index contributed by atoms with van der Waals surface area (Å²) in [5.74, 6) is -0.127. The van der Waals surface area contributed by atoms with E-state index in [1.807, 2.05) is 60.7 Å². The number of carbonyl (C=O) groups excluding carboxylic acids is 2. The van der Waals surface area contributed by atoms with Crippen LogP contribution in [-0.4, -0.2) is 11.2 Å². The first kappa shape index (κ1) is 16.9. The van der Waals surface area contributed by atoms with E-state index in [4.69, 9.17) is 16.3 Å². The molecular weight excluding hydrogens is 336 g/mol. The van der Waals surface area contributed by atoms with E-state index in [1.165, 1.54) is 0 Å². The van der Waals surface area contributed by atoms with Crippen LogP contribution in [0.1, 0.15) is 27.4 Å². The van der Waals surface area contributed by atoms with E-state index in [2.05, 4.69) is 0 Å². The van der Waals surface area contributed by atoms with Crippen LogP contribution in [0.15, 0.2) is 84.9 Å². The molecule has 0 bridgehead atoms. The number of ketones is 1. The topological polar surface area (TPSA) is 43.4 Å². The molecule has 4 heteroatoms. The fourth-order valence-corrected chi connectivity index (χ4v) is 2.82. The van der Waals surface area contributed by atoms with Gasteiger partial charge in [-0.05, 0) is 35.4 Å². The van der Waals surface area contributed by atoms with Gasteiger partial charge in [-0.3, -0.25) is 4.79 Å². The van der Waals surface area contributed by atoms with Crippen LogP contribution in [0.25, 0.3) is 0 Å². The number of carbonyl (C=O) groups is 2. The van der Waals surface area contributed by atoms with E-state index >= 15 is 0 Å². The maximum Gasteiger partial charge on any atom is 0.409 e. The Kier molecular flexibility index (Phi) is 5.26. The average molecular weight is 351 g/mol. The molecule has 0 N–H and O–H groups in total. The molecule has 0 aromatic heterocycles. The maximum absolute atomic E-state index is 13.1. The van der Waals surface area contributed by atoms with Crippen molar-refractivity contribution in [2.24, 2.45) is 0 Å². The number of hydrogen-bond acceptors (Lipinski definition) is 3. The van der Waals surface area contributed by atoms with E-state index in [0.29, 0.717) is 11.3 Å². The fourth-order valence-electron chi connectivity index (χ4n) is 2.73. The number of hydrogen-bond donors (Lipinski definition) is 0. The molecule has 3 rings (SSSR count). The predicted molar refractivity (Wildman–Crippen MR) is 97.4 cm³/mol. The van der Waals surface area contributed by atoms with Crippen LogP contribution >= 0.6 is 11.6 Å². The number of ether oxygens (including phenoxy) is 1. The lowest BCUT2D eigenvalue weighted by Gasteiger charge is -2.17. The first-order valence-corrected chi connectivity index (χ1v) is 8.14. The Balaban J connectivity index is 1.96. The second-order valence-electron chi connectivity index (χ2n) is 5.48. The monoisotopic (exact) mass is 350 g/mol. The molecule has 0 spiro atoms. The van der Waals surface area contributed by atoms with Crippen molar-refractivity contribution in [1.29, 1.82) is 0 Å². The molecule has 0 aliphatic rings. The van der Waals surface area contributed by atoms with Crippen LogP contribution in [-0.2, 0) is 0 Å².